The van der Waals surface area contributed by atoms with E-state index in [-0.39, 0.29) is 10.6 Å². The molecule has 0 saturated carbocycles. The fourth-order valence-electron chi connectivity index (χ4n) is 3.11. The molecule has 1 aliphatic rings. The molecular formula is C17H18ClN7O3S. The van der Waals surface area contributed by atoms with Gasteiger partial charge in [-0.05, 0) is 18.2 Å². The Labute approximate surface area is 172 Å². The van der Waals surface area contributed by atoms with Gasteiger partial charge in [0.1, 0.15) is 35.4 Å². The molecule has 12 heteroatoms. The van der Waals surface area contributed by atoms with Crippen molar-refractivity contribution in [3.8, 4) is 11.6 Å². The second-order valence-corrected chi connectivity index (χ2v) is 8.60. The van der Waals surface area contributed by atoms with E-state index in [1.165, 1.54) is 34.8 Å². The second-order valence-electron chi connectivity index (χ2n) is 6.26. The van der Waals surface area contributed by atoms with Gasteiger partial charge in [-0.1, -0.05) is 11.6 Å². The van der Waals surface area contributed by atoms with Gasteiger partial charge in [-0.3, -0.25) is 0 Å². The van der Waals surface area contributed by atoms with E-state index in [9.17, 15) is 8.42 Å². The van der Waals surface area contributed by atoms with E-state index in [1.807, 2.05) is 4.90 Å². The molecule has 0 amide bonds. The first-order valence-corrected chi connectivity index (χ1v) is 10.6. The van der Waals surface area contributed by atoms with Crippen molar-refractivity contribution in [2.24, 2.45) is 0 Å². The van der Waals surface area contributed by atoms with Gasteiger partial charge in [-0.25, -0.2) is 28.1 Å². The maximum atomic E-state index is 13.1. The van der Waals surface area contributed by atoms with Crippen molar-refractivity contribution in [3.05, 3.63) is 48.3 Å². The third-order valence-corrected chi connectivity index (χ3v) is 6.75. The molecule has 1 saturated heterocycles. The Morgan fingerprint density at radius 2 is 1.79 bits per heavy atom. The highest BCUT2D eigenvalue weighted by Crippen LogP contribution is 2.30. The predicted octanol–water partition coefficient (Wildman–Crippen LogP) is 1.23. The summed E-state index contributed by atoms with van der Waals surface area (Å²) in [7, 11) is -2.30. The number of ether oxygens (including phenoxy) is 1. The topological polar surface area (TPSA) is 106 Å². The van der Waals surface area contributed by atoms with Gasteiger partial charge in [0, 0.05) is 37.3 Å². The average molecular weight is 436 g/mol. The first kappa shape index (κ1) is 19.6. The molecule has 3 heterocycles. The van der Waals surface area contributed by atoms with Gasteiger partial charge in [0.05, 0.1) is 7.11 Å². The maximum absolute atomic E-state index is 13.1. The molecule has 3 aromatic rings. The van der Waals surface area contributed by atoms with Crippen LogP contribution in [-0.2, 0) is 10.0 Å². The lowest BCUT2D eigenvalue weighted by Gasteiger charge is -2.34. The predicted molar refractivity (Wildman–Crippen MR) is 106 cm³/mol. The molecule has 152 valence electrons. The first-order chi connectivity index (χ1) is 14.0. The van der Waals surface area contributed by atoms with Crippen LogP contribution in [-0.4, -0.2) is 70.7 Å². The summed E-state index contributed by atoms with van der Waals surface area (Å²) < 4.78 is 34.4. The molecule has 1 aliphatic heterocycles. The second kappa shape index (κ2) is 7.93. The van der Waals surface area contributed by atoms with Crippen molar-refractivity contribution in [2.45, 2.75) is 4.90 Å². The minimum atomic E-state index is -3.73. The summed E-state index contributed by atoms with van der Waals surface area (Å²) in [6.45, 7) is 1.58. The quantitative estimate of drug-likeness (QED) is 0.589. The molecule has 1 aromatic carbocycles. The van der Waals surface area contributed by atoms with Gasteiger partial charge in [0.25, 0.3) is 0 Å². The highest BCUT2D eigenvalue weighted by molar-refractivity contribution is 7.89. The summed E-state index contributed by atoms with van der Waals surface area (Å²) in [4.78, 5) is 14.5. The normalized spacial score (nSPS) is 15.4. The minimum Gasteiger partial charge on any atom is -0.495 e. The number of anilines is 1. The summed E-state index contributed by atoms with van der Waals surface area (Å²) in [5.74, 6) is 1.55. The molecule has 10 nitrogen and oxygen atoms in total. The van der Waals surface area contributed by atoms with Crippen LogP contribution < -0.4 is 9.64 Å². The summed E-state index contributed by atoms with van der Waals surface area (Å²) in [6, 6.07) is 6.35. The molecule has 0 atom stereocenters. The summed E-state index contributed by atoms with van der Waals surface area (Å²) >= 11 is 6.01. The lowest BCUT2D eigenvalue weighted by atomic mass is 10.3. The number of halogens is 1. The molecule has 0 N–H and O–H groups in total. The number of aromatic nitrogens is 5. The number of rotatable bonds is 5. The van der Waals surface area contributed by atoms with Crippen LogP contribution in [0, 0.1) is 0 Å². The number of sulfonamides is 1. The Kier molecular flexibility index (Phi) is 5.35. The smallest absolute Gasteiger partial charge is 0.246 e. The number of nitrogens with zero attached hydrogens (tertiary/aromatic N) is 7. The first-order valence-electron chi connectivity index (χ1n) is 8.75. The average Bonchev–Trinajstić information content (AvgIpc) is 3.29. The Morgan fingerprint density at radius 3 is 2.48 bits per heavy atom. The van der Waals surface area contributed by atoms with Crippen molar-refractivity contribution >= 4 is 27.4 Å². The molecule has 0 unspecified atom stereocenters. The van der Waals surface area contributed by atoms with Crippen LogP contribution >= 0.6 is 11.6 Å². The van der Waals surface area contributed by atoms with Crippen molar-refractivity contribution in [2.75, 3.05) is 38.2 Å². The van der Waals surface area contributed by atoms with Gasteiger partial charge in [0.15, 0.2) is 5.82 Å². The van der Waals surface area contributed by atoms with Crippen LogP contribution in [0.15, 0.2) is 48.1 Å². The van der Waals surface area contributed by atoms with E-state index in [0.29, 0.717) is 42.8 Å². The monoisotopic (exact) mass is 435 g/mol. The van der Waals surface area contributed by atoms with Gasteiger partial charge >= 0.3 is 0 Å². The zero-order chi connectivity index (χ0) is 20.4. The molecule has 0 spiro atoms. The van der Waals surface area contributed by atoms with Gasteiger partial charge < -0.3 is 9.64 Å². The van der Waals surface area contributed by atoms with E-state index >= 15 is 0 Å². The zero-order valence-corrected chi connectivity index (χ0v) is 17.1. The van der Waals surface area contributed by atoms with E-state index < -0.39 is 10.0 Å². The lowest BCUT2D eigenvalue weighted by Crippen LogP contribution is -2.49. The van der Waals surface area contributed by atoms with E-state index in [2.05, 4.69) is 20.1 Å². The van der Waals surface area contributed by atoms with Crippen LogP contribution in [0.1, 0.15) is 0 Å². The molecule has 1 fully saturated rings. The molecule has 2 aromatic heterocycles. The molecule has 0 bridgehead atoms. The fraction of sp³-hybridized carbons (Fsp3) is 0.294. The lowest BCUT2D eigenvalue weighted by molar-refractivity contribution is 0.373. The van der Waals surface area contributed by atoms with Crippen molar-refractivity contribution in [3.63, 3.8) is 0 Å². The van der Waals surface area contributed by atoms with E-state index in [0.717, 1.165) is 0 Å². The Hall–Kier alpha value is -2.76. The third kappa shape index (κ3) is 3.88. The van der Waals surface area contributed by atoms with E-state index in [1.54, 1.807) is 24.5 Å². The number of piperazine rings is 1. The van der Waals surface area contributed by atoms with Crippen LogP contribution in [0.2, 0.25) is 5.02 Å². The number of hydrogen-bond acceptors (Lipinski definition) is 8. The Balaban J connectivity index is 1.51. The Morgan fingerprint density at radius 1 is 1.03 bits per heavy atom. The summed E-state index contributed by atoms with van der Waals surface area (Å²) in [5, 5.41) is 4.40. The molecule has 4 rings (SSSR count). The largest absolute Gasteiger partial charge is 0.495 e. The SMILES string of the molecule is COc1ccc(Cl)cc1S(=O)(=O)N1CCN(c2cc(-n3cncn3)ncn2)CC1. The van der Waals surface area contributed by atoms with Crippen molar-refractivity contribution in [1.29, 1.82) is 0 Å². The van der Waals surface area contributed by atoms with Crippen LogP contribution in [0.5, 0.6) is 5.75 Å². The minimum absolute atomic E-state index is 0.0662. The zero-order valence-electron chi connectivity index (χ0n) is 15.5. The van der Waals surface area contributed by atoms with Crippen LogP contribution in [0.3, 0.4) is 0 Å². The standard InChI is InChI=1S/C17H18ClN7O3S/c1-28-14-3-2-13(18)8-15(14)29(26,27)24-6-4-23(5-7-24)16-9-17(21-11-20-16)25-12-19-10-22-25/h2-3,8-12H,4-7H2,1H3. The maximum Gasteiger partial charge on any atom is 0.246 e. The van der Waals surface area contributed by atoms with Crippen molar-refractivity contribution < 1.29 is 13.2 Å². The van der Waals surface area contributed by atoms with Crippen LogP contribution in [0.25, 0.3) is 5.82 Å². The van der Waals surface area contributed by atoms with Crippen LogP contribution in [0.4, 0.5) is 5.82 Å². The number of methoxy groups -OCH3 is 1. The highest BCUT2D eigenvalue weighted by atomic mass is 35.5. The summed E-state index contributed by atoms with van der Waals surface area (Å²) in [6.07, 6.45) is 4.43. The Bertz CT molecular complexity index is 1100. The summed E-state index contributed by atoms with van der Waals surface area (Å²) in [5.41, 5.74) is 0. The number of benzene rings is 1. The van der Waals surface area contributed by atoms with Gasteiger partial charge in [-0.15, -0.1) is 0 Å². The van der Waals surface area contributed by atoms with E-state index in [4.69, 9.17) is 16.3 Å². The molecule has 0 radical (unpaired) electrons. The fourth-order valence-corrected chi connectivity index (χ4v) is 4.95. The molecule has 29 heavy (non-hydrogen) atoms. The third-order valence-electron chi connectivity index (χ3n) is 4.60. The van der Waals surface area contributed by atoms with Gasteiger partial charge in [-0.2, -0.15) is 9.40 Å². The molecular weight excluding hydrogens is 418 g/mol. The van der Waals surface area contributed by atoms with Gasteiger partial charge in [0.2, 0.25) is 10.0 Å². The molecule has 0 aliphatic carbocycles. The highest BCUT2D eigenvalue weighted by Gasteiger charge is 2.31. The number of hydrogen-bond donors (Lipinski definition) is 0. The van der Waals surface area contributed by atoms with Crippen molar-refractivity contribution in [1.82, 2.24) is 29.0 Å².